The lowest BCUT2D eigenvalue weighted by atomic mass is 9.71. The minimum atomic E-state index is 0.0209. The molecule has 1 aliphatic carbocycles. The molecule has 0 radical (unpaired) electrons. The Morgan fingerprint density at radius 1 is 0.760 bits per heavy atom. The van der Waals surface area contributed by atoms with E-state index in [0.29, 0.717) is 0 Å². The largest absolute Gasteiger partial charge is 0.398 e. The van der Waals surface area contributed by atoms with E-state index in [4.69, 9.17) is 11.5 Å². The summed E-state index contributed by atoms with van der Waals surface area (Å²) in [7, 11) is 0. The van der Waals surface area contributed by atoms with Gasteiger partial charge < -0.3 is 11.5 Å². The van der Waals surface area contributed by atoms with Crippen LogP contribution in [0, 0.1) is 0 Å². The average Bonchev–Trinajstić information content (AvgIpc) is 2.82. The molecule has 2 aromatic rings. The fourth-order valence-electron chi connectivity index (χ4n) is 4.21. The maximum Gasteiger partial charge on any atom is 0.0456 e. The molecule has 0 spiro atoms. The Labute approximate surface area is 162 Å². The predicted molar refractivity (Wildman–Crippen MR) is 115 cm³/mol. The van der Waals surface area contributed by atoms with Crippen LogP contribution >= 0.6 is 25.3 Å². The van der Waals surface area contributed by atoms with E-state index in [-0.39, 0.29) is 5.41 Å². The summed E-state index contributed by atoms with van der Waals surface area (Å²) in [5, 5.41) is 0. The molecule has 25 heavy (non-hydrogen) atoms. The molecule has 0 aliphatic heterocycles. The lowest BCUT2D eigenvalue weighted by Gasteiger charge is -2.33. The van der Waals surface area contributed by atoms with Gasteiger partial charge >= 0.3 is 0 Å². The number of benzene rings is 2. The van der Waals surface area contributed by atoms with Crippen molar-refractivity contribution >= 4 is 36.6 Å². The van der Waals surface area contributed by atoms with Crippen LogP contribution < -0.4 is 11.5 Å². The second kappa shape index (κ2) is 7.16. The summed E-state index contributed by atoms with van der Waals surface area (Å²) in [5.41, 5.74) is 19.0. The maximum absolute atomic E-state index is 6.18. The van der Waals surface area contributed by atoms with Gasteiger partial charge in [0.15, 0.2) is 0 Å². The minimum Gasteiger partial charge on any atom is -0.398 e. The van der Waals surface area contributed by atoms with Crippen molar-refractivity contribution in [1.82, 2.24) is 0 Å². The average molecular weight is 373 g/mol. The van der Waals surface area contributed by atoms with Gasteiger partial charge in [0.25, 0.3) is 0 Å². The molecule has 2 nitrogen and oxygen atoms in total. The van der Waals surface area contributed by atoms with Crippen LogP contribution in [0.15, 0.2) is 34.1 Å². The molecule has 0 atom stereocenters. The third kappa shape index (κ3) is 3.04. The molecular weight excluding hydrogens is 344 g/mol. The molecule has 0 aromatic heterocycles. The Morgan fingerprint density at radius 3 is 1.52 bits per heavy atom. The third-order valence-corrected chi connectivity index (χ3v) is 6.34. The van der Waals surface area contributed by atoms with E-state index in [2.05, 4.69) is 63.4 Å². The van der Waals surface area contributed by atoms with Crippen LogP contribution in [0.2, 0.25) is 0 Å². The summed E-state index contributed by atoms with van der Waals surface area (Å²) >= 11 is 9.22. The van der Waals surface area contributed by atoms with Gasteiger partial charge in [0.05, 0.1) is 0 Å². The zero-order valence-electron chi connectivity index (χ0n) is 15.1. The lowest BCUT2D eigenvalue weighted by molar-refractivity contribution is 0.413. The molecule has 0 amide bonds. The van der Waals surface area contributed by atoms with Crippen molar-refractivity contribution in [3.63, 3.8) is 0 Å². The summed E-state index contributed by atoms with van der Waals surface area (Å²) in [6.45, 7) is 4.51. The third-order valence-electron chi connectivity index (χ3n) is 5.57. The van der Waals surface area contributed by atoms with E-state index in [9.17, 15) is 0 Å². The summed E-state index contributed by atoms with van der Waals surface area (Å²) < 4.78 is 0. The summed E-state index contributed by atoms with van der Waals surface area (Å²) in [6.07, 6.45) is 7.03. The molecule has 0 unspecified atom stereocenters. The maximum atomic E-state index is 6.18. The van der Waals surface area contributed by atoms with Crippen molar-refractivity contribution in [3.05, 3.63) is 35.4 Å². The molecule has 0 bridgehead atoms. The van der Waals surface area contributed by atoms with E-state index in [1.165, 1.54) is 47.9 Å². The number of thiol groups is 2. The number of hydrogen-bond donors (Lipinski definition) is 4. The van der Waals surface area contributed by atoms with Crippen LogP contribution in [0.1, 0.15) is 63.5 Å². The number of hydrogen-bond acceptors (Lipinski definition) is 4. The first-order chi connectivity index (χ1) is 11.9. The molecule has 0 fully saturated rings. The highest BCUT2D eigenvalue weighted by molar-refractivity contribution is 7.80. The first-order valence-electron chi connectivity index (χ1n) is 9.21. The van der Waals surface area contributed by atoms with Crippen molar-refractivity contribution in [2.45, 2.75) is 67.6 Å². The molecule has 4 heteroatoms. The Morgan fingerprint density at radius 2 is 1.16 bits per heavy atom. The van der Waals surface area contributed by atoms with Gasteiger partial charge in [0.1, 0.15) is 0 Å². The first-order valence-corrected chi connectivity index (χ1v) is 10.1. The number of unbranched alkanes of at least 4 members (excludes halogenated alkanes) is 2. The van der Waals surface area contributed by atoms with Crippen LogP contribution in [0.3, 0.4) is 0 Å². The molecule has 0 saturated carbocycles. The fourth-order valence-corrected chi connectivity index (χ4v) is 4.60. The van der Waals surface area contributed by atoms with Gasteiger partial charge in [-0.1, -0.05) is 39.5 Å². The van der Waals surface area contributed by atoms with Gasteiger partial charge in [-0.05, 0) is 59.4 Å². The second-order valence-electron chi connectivity index (χ2n) is 7.20. The van der Waals surface area contributed by atoms with E-state index in [1.54, 1.807) is 0 Å². The van der Waals surface area contributed by atoms with Crippen LogP contribution in [0.25, 0.3) is 11.1 Å². The molecule has 4 N–H and O–H groups in total. The van der Waals surface area contributed by atoms with Gasteiger partial charge in [-0.15, -0.1) is 25.3 Å². The number of nitrogens with two attached hydrogens (primary N) is 2. The van der Waals surface area contributed by atoms with Gasteiger partial charge in [-0.3, -0.25) is 0 Å². The van der Waals surface area contributed by atoms with Crippen molar-refractivity contribution in [1.29, 1.82) is 0 Å². The van der Waals surface area contributed by atoms with Crippen molar-refractivity contribution < 1.29 is 0 Å². The fraction of sp³-hybridized carbons (Fsp3) is 0.429. The molecular formula is C21H28N2S2. The van der Waals surface area contributed by atoms with Crippen LogP contribution in [0.5, 0.6) is 0 Å². The SMILES string of the molecule is CCCCC1(CCCC)c2cc(S)c(N)cc2-c2cc(N)c(S)cc21. The zero-order chi connectivity index (χ0) is 18.2. The Balaban J connectivity index is 2.30. The molecule has 0 heterocycles. The van der Waals surface area contributed by atoms with Gasteiger partial charge in [-0.25, -0.2) is 0 Å². The molecule has 1 aliphatic rings. The standard InChI is InChI=1S/C21H28N2S2/c1-3-5-7-21(8-6-4-2)15-11-19(24)17(22)9-13(15)14-10-18(23)20(25)12-16(14)21/h9-12,24-25H,3-8,22-23H2,1-2H3. The van der Waals surface area contributed by atoms with Gasteiger partial charge in [-0.2, -0.15) is 0 Å². The second-order valence-corrected chi connectivity index (χ2v) is 8.17. The highest BCUT2D eigenvalue weighted by atomic mass is 32.1. The normalized spacial score (nSPS) is 14.4. The molecule has 0 saturated heterocycles. The first kappa shape index (κ1) is 18.5. The Bertz CT molecular complexity index is 731. The molecule has 134 valence electrons. The van der Waals surface area contributed by atoms with Crippen LogP contribution in [0.4, 0.5) is 11.4 Å². The monoisotopic (exact) mass is 372 g/mol. The van der Waals surface area contributed by atoms with Crippen molar-refractivity contribution in [2.24, 2.45) is 0 Å². The highest BCUT2D eigenvalue weighted by Gasteiger charge is 2.42. The van der Waals surface area contributed by atoms with E-state index < -0.39 is 0 Å². The predicted octanol–water partition coefficient (Wildman–Crippen LogP) is 6.08. The molecule has 3 rings (SSSR count). The number of rotatable bonds is 6. The lowest BCUT2D eigenvalue weighted by Crippen LogP contribution is -2.25. The number of nitrogen functional groups attached to an aromatic ring is 2. The number of fused-ring (bicyclic) bond motifs is 3. The highest BCUT2D eigenvalue weighted by Crippen LogP contribution is 2.56. The van der Waals surface area contributed by atoms with E-state index >= 15 is 0 Å². The topological polar surface area (TPSA) is 52.0 Å². The smallest absolute Gasteiger partial charge is 0.0456 e. The zero-order valence-corrected chi connectivity index (χ0v) is 16.9. The van der Waals surface area contributed by atoms with Crippen molar-refractivity contribution in [2.75, 3.05) is 11.5 Å². The molecule has 2 aromatic carbocycles. The van der Waals surface area contributed by atoms with E-state index in [1.807, 2.05) is 0 Å². The Hall–Kier alpha value is -1.26. The van der Waals surface area contributed by atoms with Crippen LogP contribution in [-0.2, 0) is 5.41 Å². The van der Waals surface area contributed by atoms with Crippen LogP contribution in [-0.4, -0.2) is 0 Å². The number of anilines is 2. The minimum absolute atomic E-state index is 0.0209. The van der Waals surface area contributed by atoms with E-state index in [0.717, 1.165) is 34.0 Å². The summed E-state index contributed by atoms with van der Waals surface area (Å²) in [5.74, 6) is 0. The van der Waals surface area contributed by atoms with Crippen molar-refractivity contribution in [3.8, 4) is 11.1 Å². The quantitative estimate of drug-likeness (QED) is 0.367. The summed E-state index contributed by atoms with van der Waals surface area (Å²) in [6, 6.07) is 8.53. The summed E-state index contributed by atoms with van der Waals surface area (Å²) in [4.78, 5) is 1.73. The van der Waals surface area contributed by atoms with Gasteiger partial charge in [0, 0.05) is 26.6 Å². The van der Waals surface area contributed by atoms with Gasteiger partial charge in [0.2, 0.25) is 0 Å². The Kier molecular flexibility index (Phi) is 5.31.